The SMILES string of the molecule is Cc1ncc(CN(CCN(C)C)C(=O)C(C)SCc2ccc(Cl)cc2)[nH]1. The molecule has 1 atom stereocenters. The topological polar surface area (TPSA) is 52.2 Å². The van der Waals surface area contributed by atoms with Crippen LogP contribution in [0, 0.1) is 6.92 Å². The van der Waals surface area contributed by atoms with Gasteiger partial charge in [0.05, 0.1) is 23.7 Å². The third-order valence-electron chi connectivity index (χ3n) is 4.01. The smallest absolute Gasteiger partial charge is 0.235 e. The summed E-state index contributed by atoms with van der Waals surface area (Å²) in [6, 6.07) is 7.77. The molecule has 1 aromatic carbocycles. The molecule has 0 aliphatic heterocycles. The van der Waals surface area contributed by atoms with Crippen LogP contribution in [0.15, 0.2) is 30.5 Å². The fourth-order valence-corrected chi connectivity index (χ4v) is 3.53. The van der Waals surface area contributed by atoms with Gasteiger partial charge in [0.25, 0.3) is 0 Å². The van der Waals surface area contributed by atoms with Gasteiger partial charge in [0.15, 0.2) is 0 Å². The number of nitrogens with one attached hydrogen (secondary N) is 1. The van der Waals surface area contributed by atoms with Crippen molar-refractivity contribution in [2.75, 3.05) is 27.2 Å². The summed E-state index contributed by atoms with van der Waals surface area (Å²) in [5, 5.41) is 0.615. The van der Waals surface area contributed by atoms with Gasteiger partial charge in [-0.25, -0.2) is 4.98 Å². The molecule has 7 heteroatoms. The van der Waals surface area contributed by atoms with Crippen LogP contribution in [0.4, 0.5) is 0 Å². The van der Waals surface area contributed by atoms with Gasteiger partial charge < -0.3 is 14.8 Å². The van der Waals surface area contributed by atoms with Gasteiger partial charge in [0, 0.05) is 23.9 Å². The van der Waals surface area contributed by atoms with E-state index in [0.717, 1.165) is 28.8 Å². The minimum atomic E-state index is -0.114. The van der Waals surface area contributed by atoms with Gasteiger partial charge >= 0.3 is 0 Å². The molecule has 0 aliphatic rings. The van der Waals surface area contributed by atoms with Gasteiger partial charge in [-0.2, -0.15) is 0 Å². The highest BCUT2D eigenvalue weighted by Gasteiger charge is 2.22. The number of likely N-dealkylation sites (N-methyl/N-ethyl adjacent to an activating group) is 1. The molecule has 0 aliphatic carbocycles. The first-order valence-corrected chi connectivity index (χ1v) is 10.1. The van der Waals surface area contributed by atoms with Crippen LogP contribution in [0.25, 0.3) is 0 Å². The summed E-state index contributed by atoms with van der Waals surface area (Å²) in [5.41, 5.74) is 2.13. The van der Waals surface area contributed by atoms with Crippen molar-refractivity contribution in [3.05, 3.63) is 52.6 Å². The molecule has 1 aromatic heterocycles. The number of benzene rings is 1. The van der Waals surface area contributed by atoms with Crippen LogP contribution in [-0.2, 0) is 17.1 Å². The zero-order valence-electron chi connectivity index (χ0n) is 15.8. The zero-order chi connectivity index (χ0) is 19.1. The van der Waals surface area contributed by atoms with Crippen LogP contribution in [-0.4, -0.2) is 58.1 Å². The summed E-state index contributed by atoms with van der Waals surface area (Å²) in [7, 11) is 4.03. The Morgan fingerprint density at radius 3 is 2.54 bits per heavy atom. The van der Waals surface area contributed by atoms with Crippen LogP contribution in [0.5, 0.6) is 0 Å². The number of nitrogens with zero attached hydrogens (tertiary/aromatic N) is 3. The molecule has 26 heavy (non-hydrogen) atoms. The van der Waals surface area contributed by atoms with Crippen LogP contribution >= 0.6 is 23.4 Å². The third kappa shape index (κ3) is 6.67. The summed E-state index contributed by atoms with van der Waals surface area (Å²) >= 11 is 7.57. The Labute approximate surface area is 165 Å². The van der Waals surface area contributed by atoms with Gasteiger partial charge in [-0.1, -0.05) is 23.7 Å². The summed E-state index contributed by atoms with van der Waals surface area (Å²) < 4.78 is 0. The van der Waals surface area contributed by atoms with E-state index in [1.165, 1.54) is 5.56 Å². The Morgan fingerprint density at radius 1 is 1.27 bits per heavy atom. The zero-order valence-corrected chi connectivity index (χ0v) is 17.4. The number of hydrogen-bond donors (Lipinski definition) is 1. The molecule has 2 rings (SSSR count). The molecule has 0 radical (unpaired) electrons. The minimum Gasteiger partial charge on any atom is -0.345 e. The van der Waals surface area contributed by atoms with E-state index in [-0.39, 0.29) is 11.2 Å². The van der Waals surface area contributed by atoms with E-state index in [1.807, 2.05) is 57.1 Å². The molecule has 142 valence electrons. The van der Waals surface area contributed by atoms with Crippen molar-refractivity contribution < 1.29 is 4.79 Å². The highest BCUT2D eigenvalue weighted by Crippen LogP contribution is 2.21. The largest absolute Gasteiger partial charge is 0.345 e. The van der Waals surface area contributed by atoms with Crippen LogP contribution in [0.2, 0.25) is 5.02 Å². The molecule has 0 bridgehead atoms. The van der Waals surface area contributed by atoms with E-state index in [4.69, 9.17) is 11.6 Å². The van der Waals surface area contributed by atoms with E-state index in [2.05, 4.69) is 14.9 Å². The lowest BCUT2D eigenvalue weighted by atomic mass is 10.2. The Morgan fingerprint density at radius 2 is 1.96 bits per heavy atom. The lowest BCUT2D eigenvalue weighted by Gasteiger charge is -2.26. The maximum atomic E-state index is 13.0. The first-order valence-electron chi connectivity index (χ1n) is 8.65. The second kappa shape index (κ2) is 10.00. The molecule has 0 saturated heterocycles. The second-order valence-electron chi connectivity index (χ2n) is 6.64. The molecule has 1 amide bonds. The number of thioether (sulfide) groups is 1. The standard InChI is InChI=1S/C19H27ClN4OS/c1-14(26-13-16-5-7-17(20)8-6-16)19(25)24(10-9-23(3)4)12-18-11-21-15(2)22-18/h5-8,11,14H,9-10,12-13H2,1-4H3,(H,21,22). The number of hydrogen-bond acceptors (Lipinski definition) is 4. The van der Waals surface area contributed by atoms with Crippen LogP contribution < -0.4 is 0 Å². The summed E-state index contributed by atoms with van der Waals surface area (Å²) in [6.07, 6.45) is 1.80. The summed E-state index contributed by atoms with van der Waals surface area (Å²) in [5.74, 6) is 1.80. The van der Waals surface area contributed by atoms with Gasteiger partial charge in [-0.05, 0) is 45.6 Å². The Balaban J connectivity index is 1.97. The van der Waals surface area contributed by atoms with E-state index in [9.17, 15) is 4.79 Å². The highest BCUT2D eigenvalue weighted by atomic mass is 35.5. The fourth-order valence-electron chi connectivity index (χ4n) is 2.48. The number of imidazole rings is 1. The third-order valence-corrected chi connectivity index (χ3v) is 5.46. The van der Waals surface area contributed by atoms with Crippen LogP contribution in [0.1, 0.15) is 24.0 Å². The van der Waals surface area contributed by atoms with Crippen molar-refractivity contribution in [1.82, 2.24) is 19.8 Å². The van der Waals surface area contributed by atoms with E-state index in [1.54, 1.807) is 18.0 Å². The highest BCUT2D eigenvalue weighted by molar-refractivity contribution is 7.99. The lowest BCUT2D eigenvalue weighted by molar-refractivity contribution is -0.131. The number of aromatic nitrogens is 2. The van der Waals surface area contributed by atoms with Gasteiger partial charge in [0.1, 0.15) is 5.82 Å². The first kappa shape index (κ1) is 20.8. The molecular weight excluding hydrogens is 368 g/mol. The predicted octanol–water partition coefficient (Wildman–Crippen LogP) is 3.58. The molecule has 5 nitrogen and oxygen atoms in total. The van der Waals surface area contributed by atoms with Gasteiger partial charge in [0.2, 0.25) is 5.91 Å². The van der Waals surface area contributed by atoms with Crippen molar-refractivity contribution in [2.24, 2.45) is 0 Å². The van der Waals surface area contributed by atoms with Gasteiger partial charge in [-0.3, -0.25) is 4.79 Å². The summed E-state index contributed by atoms with van der Waals surface area (Å²) in [6.45, 7) is 5.96. The number of halogens is 1. The monoisotopic (exact) mass is 394 g/mol. The number of amides is 1. The molecule has 0 fully saturated rings. The van der Waals surface area contributed by atoms with E-state index in [0.29, 0.717) is 13.1 Å². The van der Waals surface area contributed by atoms with Crippen molar-refractivity contribution >= 4 is 29.3 Å². The molecule has 1 unspecified atom stereocenters. The predicted molar refractivity (Wildman–Crippen MR) is 110 cm³/mol. The van der Waals surface area contributed by atoms with E-state index < -0.39 is 0 Å². The average molecular weight is 395 g/mol. The van der Waals surface area contributed by atoms with E-state index >= 15 is 0 Å². The number of aryl methyl sites for hydroxylation is 1. The molecule has 0 spiro atoms. The maximum absolute atomic E-state index is 13.0. The number of aromatic amines is 1. The quantitative estimate of drug-likeness (QED) is 0.706. The number of carbonyl (C=O) groups is 1. The second-order valence-corrected chi connectivity index (χ2v) is 8.40. The van der Waals surface area contributed by atoms with Gasteiger partial charge in [-0.15, -0.1) is 11.8 Å². The average Bonchev–Trinajstić information content (AvgIpc) is 3.02. The number of rotatable bonds is 9. The molecule has 0 saturated carbocycles. The molecule has 1 N–H and O–H groups in total. The Kier molecular flexibility index (Phi) is 8.00. The molecular formula is C19H27ClN4OS. The van der Waals surface area contributed by atoms with Crippen molar-refractivity contribution in [2.45, 2.75) is 31.4 Å². The Bertz CT molecular complexity index is 702. The molecule has 1 heterocycles. The Hall–Kier alpha value is -1.50. The number of H-pyrrole nitrogens is 1. The van der Waals surface area contributed by atoms with Crippen molar-refractivity contribution in [3.63, 3.8) is 0 Å². The van der Waals surface area contributed by atoms with Crippen molar-refractivity contribution in [3.8, 4) is 0 Å². The lowest BCUT2D eigenvalue weighted by Crippen LogP contribution is -2.40. The van der Waals surface area contributed by atoms with Crippen molar-refractivity contribution in [1.29, 1.82) is 0 Å². The normalized spacial score (nSPS) is 12.4. The fraction of sp³-hybridized carbons (Fsp3) is 0.474. The van der Waals surface area contributed by atoms with Crippen LogP contribution in [0.3, 0.4) is 0 Å². The molecule has 2 aromatic rings. The number of carbonyl (C=O) groups excluding carboxylic acids is 1. The minimum absolute atomic E-state index is 0.114. The maximum Gasteiger partial charge on any atom is 0.235 e. The first-order chi connectivity index (χ1) is 12.3. The summed E-state index contributed by atoms with van der Waals surface area (Å²) in [4.78, 5) is 24.4.